The van der Waals surface area contributed by atoms with Gasteiger partial charge in [-0.3, -0.25) is 14.5 Å². The first-order valence-corrected chi connectivity index (χ1v) is 7.31. The molecule has 1 fully saturated rings. The van der Waals surface area contributed by atoms with E-state index in [0.29, 0.717) is 32.6 Å². The van der Waals surface area contributed by atoms with Gasteiger partial charge in [0.15, 0.2) is 0 Å². The molecule has 5 nitrogen and oxygen atoms in total. The minimum absolute atomic E-state index is 0.0537. The van der Waals surface area contributed by atoms with Crippen LogP contribution < -0.4 is 0 Å². The highest BCUT2D eigenvalue weighted by Gasteiger charge is 2.29. The Kier molecular flexibility index (Phi) is 4.55. The van der Waals surface area contributed by atoms with Crippen molar-refractivity contribution in [1.82, 2.24) is 9.80 Å². The molecule has 0 unspecified atom stereocenters. The van der Waals surface area contributed by atoms with Crippen LogP contribution in [0, 0.1) is 0 Å². The van der Waals surface area contributed by atoms with Gasteiger partial charge in [-0.15, -0.1) is 11.3 Å². The quantitative estimate of drug-likeness (QED) is 0.906. The van der Waals surface area contributed by atoms with E-state index < -0.39 is 12.0 Å². The minimum atomic E-state index is -0.777. The van der Waals surface area contributed by atoms with Crippen LogP contribution in [0.15, 0.2) is 17.5 Å². The maximum atomic E-state index is 12.1. The van der Waals surface area contributed by atoms with Gasteiger partial charge >= 0.3 is 5.97 Å². The molecule has 1 atom stereocenters. The average molecular weight is 282 g/mol. The lowest BCUT2D eigenvalue weighted by Crippen LogP contribution is -2.53. The van der Waals surface area contributed by atoms with E-state index in [1.807, 2.05) is 29.3 Å². The molecule has 0 saturated carbocycles. The number of carbonyl (C=O) groups excluding carboxylic acids is 1. The number of amides is 1. The van der Waals surface area contributed by atoms with Gasteiger partial charge < -0.3 is 10.0 Å². The summed E-state index contributed by atoms with van der Waals surface area (Å²) in [6.45, 7) is 4.33. The topological polar surface area (TPSA) is 60.9 Å². The van der Waals surface area contributed by atoms with Gasteiger partial charge in [0.25, 0.3) is 5.91 Å². The second-order valence-electron chi connectivity index (χ2n) is 4.57. The maximum absolute atomic E-state index is 12.1. The maximum Gasteiger partial charge on any atom is 0.320 e. The van der Waals surface area contributed by atoms with Crippen molar-refractivity contribution in [1.29, 1.82) is 0 Å². The molecule has 1 aliphatic rings. The lowest BCUT2D eigenvalue weighted by atomic mass is 10.1. The number of hydrogen-bond acceptors (Lipinski definition) is 4. The predicted octanol–water partition coefficient (Wildman–Crippen LogP) is 1.37. The van der Waals surface area contributed by atoms with E-state index in [1.54, 1.807) is 4.90 Å². The molecule has 1 saturated heterocycles. The number of carboxylic acids is 1. The molecular weight excluding hydrogens is 264 g/mol. The third-order valence-electron chi connectivity index (χ3n) is 3.45. The molecule has 0 bridgehead atoms. The SMILES string of the molecule is CC[C@@H](C(=O)O)N1CCN(C(=O)c2cccs2)CC1. The van der Waals surface area contributed by atoms with Crippen molar-refractivity contribution in [2.24, 2.45) is 0 Å². The summed E-state index contributed by atoms with van der Waals surface area (Å²) in [7, 11) is 0. The summed E-state index contributed by atoms with van der Waals surface area (Å²) < 4.78 is 0. The van der Waals surface area contributed by atoms with Gasteiger partial charge in [-0.1, -0.05) is 13.0 Å². The number of rotatable bonds is 4. The van der Waals surface area contributed by atoms with Crippen LogP contribution >= 0.6 is 11.3 Å². The van der Waals surface area contributed by atoms with Gasteiger partial charge in [-0.2, -0.15) is 0 Å². The predicted molar refractivity (Wildman–Crippen MR) is 73.5 cm³/mol. The van der Waals surface area contributed by atoms with Crippen molar-refractivity contribution in [3.05, 3.63) is 22.4 Å². The highest BCUT2D eigenvalue weighted by atomic mass is 32.1. The Morgan fingerprint density at radius 2 is 2.05 bits per heavy atom. The normalized spacial score (nSPS) is 18.3. The standard InChI is InChI=1S/C13H18N2O3S/c1-2-10(13(17)18)14-5-7-15(8-6-14)12(16)11-4-3-9-19-11/h3-4,9-10H,2,5-8H2,1H3,(H,17,18)/t10-/m0/s1. The number of carboxylic acid groups (broad SMARTS) is 1. The fourth-order valence-corrected chi connectivity index (χ4v) is 3.07. The lowest BCUT2D eigenvalue weighted by molar-refractivity contribution is -0.144. The number of carbonyl (C=O) groups is 2. The molecule has 19 heavy (non-hydrogen) atoms. The zero-order chi connectivity index (χ0) is 13.8. The monoisotopic (exact) mass is 282 g/mol. The molecule has 2 rings (SSSR count). The largest absolute Gasteiger partial charge is 0.480 e. The number of nitrogens with zero attached hydrogens (tertiary/aromatic N) is 2. The molecule has 0 radical (unpaired) electrons. The first-order valence-electron chi connectivity index (χ1n) is 6.43. The zero-order valence-corrected chi connectivity index (χ0v) is 11.7. The Labute approximate surface area is 116 Å². The summed E-state index contributed by atoms with van der Waals surface area (Å²) in [6.07, 6.45) is 0.591. The molecule has 0 aliphatic carbocycles. The summed E-state index contributed by atoms with van der Waals surface area (Å²) in [5, 5.41) is 11.0. The molecule has 104 valence electrons. The number of thiophene rings is 1. The Balaban J connectivity index is 1.92. The fraction of sp³-hybridized carbons (Fsp3) is 0.538. The smallest absolute Gasteiger partial charge is 0.320 e. The van der Waals surface area contributed by atoms with Crippen LogP contribution in [0.1, 0.15) is 23.0 Å². The van der Waals surface area contributed by atoms with E-state index in [-0.39, 0.29) is 5.91 Å². The van der Waals surface area contributed by atoms with E-state index in [0.717, 1.165) is 4.88 Å². The van der Waals surface area contributed by atoms with Crippen LogP contribution in [-0.2, 0) is 4.79 Å². The summed E-state index contributed by atoms with van der Waals surface area (Å²) in [6, 6.07) is 3.26. The molecule has 0 aromatic carbocycles. The highest BCUT2D eigenvalue weighted by Crippen LogP contribution is 2.15. The first-order chi connectivity index (χ1) is 9.13. The molecule has 1 aromatic heterocycles. The lowest BCUT2D eigenvalue weighted by Gasteiger charge is -2.37. The second-order valence-corrected chi connectivity index (χ2v) is 5.52. The molecule has 1 N–H and O–H groups in total. The summed E-state index contributed by atoms with van der Waals surface area (Å²) in [4.78, 5) is 27.7. The van der Waals surface area contributed by atoms with Gasteiger partial charge in [0.2, 0.25) is 0 Å². The fourth-order valence-electron chi connectivity index (χ4n) is 2.38. The van der Waals surface area contributed by atoms with Crippen LogP contribution in [0.5, 0.6) is 0 Å². The van der Waals surface area contributed by atoms with Crippen LogP contribution in [0.2, 0.25) is 0 Å². The molecule has 1 aliphatic heterocycles. The van der Waals surface area contributed by atoms with Crippen molar-refractivity contribution >= 4 is 23.2 Å². The van der Waals surface area contributed by atoms with E-state index in [1.165, 1.54) is 11.3 Å². The van der Waals surface area contributed by atoms with Gasteiger partial charge in [0, 0.05) is 26.2 Å². The first kappa shape index (κ1) is 14.0. The molecular formula is C13H18N2O3S. The van der Waals surface area contributed by atoms with E-state index >= 15 is 0 Å². The molecule has 0 spiro atoms. The number of piperazine rings is 1. The van der Waals surface area contributed by atoms with Crippen molar-refractivity contribution in [2.45, 2.75) is 19.4 Å². The van der Waals surface area contributed by atoms with Crippen LogP contribution in [0.3, 0.4) is 0 Å². The summed E-state index contributed by atoms with van der Waals surface area (Å²) in [5.41, 5.74) is 0. The highest BCUT2D eigenvalue weighted by molar-refractivity contribution is 7.12. The number of hydrogen-bond donors (Lipinski definition) is 1. The van der Waals surface area contributed by atoms with Crippen molar-refractivity contribution in [3.8, 4) is 0 Å². The number of aliphatic carboxylic acids is 1. The third-order valence-corrected chi connectivity index (χ3v) is 4.30. The average Bonchev–Trinajstić information content (AvgIpc) is 2.93. The molecule has 1 amide bonds. The third kappa shape index (κ3) is 3.13. The Bertz CT molecular complexity index is 439. The molecule has 2 heterocycles. The van der Waals surface area contributed by atoms with Crippen molar-refractivity contribution in [2.75, 3.05) is 26.2 Å². The minimum Gasteiger partial charge on any atom is -0.480 e. The van der Waals surface area contributed by atoms with Gasteiger partial charge in [-0.25, -0.2) is 0 Å². The van der Waals surface area contributed by atoms with E-state index in [9.17, 15) is 9.59 Å². The van der Waals surface area contributed by atoms with Crippen LogP contribution in [0.4, 0.5) is 0 Å². The van der Waals surface area contributed by atoms with Crippen LogP contribution in [0.25, 0.3) is 0 Å². The summed E-state index contributed by atoms with van der Waals surface area (Å²) >= 11 is 1.44. The Morgan fingerprint density at radius 3 is 2.53 bits per heavy atom. The zero-order valence-electron chi connectivity index (χ0n) is 10.9. The summed E-state index contributed by atoms with van der Waals surface area (Å²) in [5.74, 6) is -0.724. The van der Waals surface area contributed by atoms with Gasteiger partial charge in [-0.05, 0) is 17.9 Å². The van der Waals surface area contributed by atoms with Crippen molar-refractivity contribution < 1.29 is 14.7 Å². The second kappa shape index (κ2) is 6.16. The van der Waals surface area contributed by atoms with Crippen molar-refractivity contribution in [3.63, 3.8) is 0 Å². The Hall–Kier alpha value is -1.40. The Morgan fingerprint density at radius 1 is 1.37 bits per heavy atom. The van der Waals surface area contributed by atoms with E-state index in [4.69, 9.17) is 5.11 Å². The molecule has 6 heteroatoms. The van der Waals surface area contributed by atoms with Gasteiger partial charge in [0.1, 0.15) is 6.04 Å². The van der Waals surface area contributed by atoms with E-state index in [2.05, 4.69) is 0 Å². The molecule has 1 aromatic rings. The van der Waals surface area contributed by atoms with Gasteiger partial charge in [0.05, 0.1) is 4.88 Å². The van der Waals surface area contributed by atoms with Crippen LogP contribution in [-0.4, -0.2) is 59.0 Å².